The van der Waals surface area contributed by atoms with Crippen LogP contribution in [0.25, 0.3) is 0 Å². The van der Waals surface area contributed by atoms with E-state index in [0.717, 1.165) is 37.3 Å². The predicted molar refractivity (Wildman–Crippen MR) is 138 cm³/mol. The van der Waals surface area contributed by atoms with Gasteiger partial charge in [-0.3, -0.25) is 0 Å². The van der Waals surface area contributed by atoms with Crippen LogP contribution in [-0.4, -0.2) is 57.2 Å². The lowest BCUT2D eigenvalue weighted by Gasteiger charge is -2.27. The zero-order valence-corrected chi connectivity index (χ0v) is 20.8. The van der Waals surface area contributed by atoms with Crippen molar-refractivity contribution in [2.45, 2.75) is 37.5 Å². The molecule has 2 fully saturated rings. The molecule has 0 saturated carbocycles. The molecule has 0 unspecified atom stereocenters. The van der Waals surface area contributed by atoms with Crippen LogP contribution in [0.15, 0.2) is 47.4 Å². The Bertz CT molecular complexity index is 1080. The largest absolute Gasteiger partial charge is 0.379 e. The van der Waals surface area contributed by atoms with E-state index in [1.807, 2.05) is 18.2 Å². The third-order valence-electron chi connectivity index (χ3n) is 6.11. The summed E-state index contributed by atoms with van der Waals surface area (Å²) < 4.78 is 33.2. The van der Waals surface area contributed by atoms with Crippen molar-refractivity contribution in [2.75, 3.05) is 54.9 Å². The summed E-state index contributed by atoms with van der Waals surface area (Å²) in [5.74, 6) is 0.461. The molecule has 0 spiro atoms. The van der Waals surface area contributed by atoms with Crippen molar-refractivity contribution in [2.24, 2.45) is 0 Å². The summed E-state index contributed by atoms with van der Waals surface area (Å²) in [6.45, 7) is 7.78. The number of benzene rings is 2. The minimum atomic E-state index is -3.60. The lowest BCUT2D eigenvalue weighted by atomic mass is 10.0. The molecular formula is C24H32N4O3S2. The molecule has 9 heteroatoms. The number of anilines is 3. The number of nitrogens with one attached hydrogen (secondary N) is 2. The van der Waals surface area contributed by atoms with E-state index in [2.05, 4.69) is 41.5 Å². The summed E-state index contributed by atoms with van der Waals surface area (Å²) in [5.41, 5.74) is 3.81. The van der Waals surface area contributed by atoms with Crippen molar-refractivity contribution in [1.29, 1.82) is 0 Å². The van der Waals surface area contributed by atoms with Crippen LogP contribution >= 0.6 is 12.2 Å². The highest BCUT2D eigenvalue weighted by molar-refractivity contribution is 7.89. The Balaban J connectivity index is 1.57. The molecule has 2 aliphatic rings. The van der Waals surface area contributed by atoms with Crippen LogP contribution < -0.4 is 15.5 Å². The van der Waals surface area contributed by atoms with Gasteiger partial charge in [-0.2, -0.15) is 4.31 Å². The number of hydrogen-bond donors (Lipinski definition) is 2. The van der Waals surface area contributed by atoms with Gasteiger partial charge in [-0.05, 0) is 66.9 Å². The monoisotopic (exact) mass is 488 g/mol. The first-order valence-corrected chi connectivity index (χ1v) is 13.3. The molecule has 178 valence electrons. The molecule has 0 bridgehead atoms. The standard InChI is InChI=1S/C24H32N4O3S2/c1-18(2)19-5-7-20(8-6-19)25-24(32)26-22-17-21(9-10-23(22)27-11-3-4-12-27)33(29,30)28-13-15-31-16-14-28/h5-10,17-18H,3-4,11-16H2,1-2H3,(H2,25,26,32). The van der Waals surface area contributed by atoms with E-state index in [9.17, 15) is 8.42 Å². The summed E-state index contributed by atoms with van der Waals surface area (Å²) in [5, 5.41) is 6.91. The molecule has 2 N–H and O–H groups in total. The highest BCUT2D eigenvalue weighted by Crippen LogP contribution is 2.32. The van der Waals surface area contributed by atoms with E-state index in [0.29, 0.717) is 43.0 Å². The molecule has 2 aliphatic heterocycles. The minimum absolute atomic E-state index is 0.263. The number of nitrogens with zero attached hydrogens (tertiary/aromatic N) is 2. The molecular weight excluding hydrogens is 456 g/mol. The van der Waals surface area contributed by atoms with E-state index >= 15 is 0 Å². The van der Waals surface area contributed by atoms with Crippen LogP contribution in [-0.2, 0) is 14.8 Å². The topological polar surface area (TPSA) is 73.9 Å². The first kappa shape index (κ1) is 23.9. The van der Waals surface area contributed by atoms with Gasteiger partial charge in [-0.15, -0.1) is 0 Å². The van der Waals surface area contributed by atoms with Crippen LogP contribution in [0.3, 0.4) is 0 Å². The molecule has 7 nitrogen and oxygen atoms in total. The fourth-order valence-corrected chi connectivity index (χ4v) is 5.84. The van der Waals surface area contributed by atoms with E-state index in [-0.39, 0.29) is 4.90 Å². The highest BCUT2D eigenvalue weighted by Gasteiger charge is 2.28. The number of ether oxygens (including phenoxy) is 1. The Hall–Kier alpha value is -2.20. The van der Waals surface area contributed by atoms with Crippen LogP contribution in [0.4, 0.5) is 17.1 Å². The second-order valence-electron chi connectivity index (χ2n) is 8.75. The summed E-state index contributed by atoms with van der Waals surface area (Å²) in [6.07, 6.45) is 2.25. The maximum absolute atomic E-state index is 13.2. The molecule has 0 radical (unpaired) electrons. The minimum Gasteiger partial charge on any atom is -0.379 e. The van der Waals surface area contributed by atoms with Crippen molar-refractivity contribution < 1.29 is 13.2 Å². The van der Waals surface area contributed by atoms with Crippen molar-refractivity contribution in [1.82, 2.24) is 4.31 Å². The predicted octanol–water partition coefficient (Wildman–Crippen LogP) is 4.24. The molecule has 2 saturated heterocycles. The molecule has 2 aromatic carbocycles. The zero-order valence-electron chi connectivity index (χ0n) is 19.2. The van der Waals surface area contributed by atoms with Gasteiger partial charge < -0.3 is 20.3 Å². The second-order valence-corrected chi connectivity index (χ2v) is 11.1. The number of morpholine rings is 1. The zero-order chi connectivity index (χ0) is 23.4. The molecule has 0 aliphatic carbocycles. The quantitative estimate of drug-likeness (QED) is 0.589. The summed E-state index contributed by atoms with van der Waals surface area (Å²) in [7, 11) is -3.60. The lowest BCUT2D eigenvalue weighted by molar-refractivity contribution is 0.0730. The third kappa shape index (κ3) is 5.66. The molecule has 0 atom stereocenters. The fourth-order valence-electron chi connectivity index (χ4n) is 4.18. The van der Waals surface area contributed by atoms with Gasteiger partial charge in [-0.1, -0.05) is 26.0 Å². The maximum atomic E-state index is 13.2. The van der Waals surface area contributed by atoms with Crippen LogP contribution in [0.5, 0.6) is 0 Å². The van der Waals surface area contributed by atoms with Crippen molar-refractivity contribution >= 4 is 44.4 Å². The van der Waals surface area contributed by atoms with Gasteiger partial charge in [0.15, 0.2) is 5.11 Å². The SMILES string of the molecule is CC(C)c1ccc(NC(=S)Nc2cc(S(=O)(=O)N3CCOCC3)ccc2N2CCCC2)cc1. The highest BCUT2D eigenvalue weighted by atomic mass is 32.2. The molecule has 0 amide bonds. The summed E-state index contributed by atoms with van der Waals surface area (Å²) in [6, 6.07) is 13.5. The Morgan fingerprint density at radius 1 is 0.970 bits per heavy atom. The number of thiocarbonyl (C=S) groups is 1. The molecule has 0 aromatic heterocycles. The maximum Gasteiger partial charge on any atom is 0.243 e. The molecule has 4 rings (SSSR count). The van der Waals surface area contributed by atoms with Gasteiger partial charge in [0.25, 0.3) is 0 Å². The molecule has 2 aromatic rings. The fraction of sp³-hybridized carbons (Fsp3) is 0.458. The van der Waals surface area contributed by atoms with E-state index in [1.54, 1.807) is 12.1 Å². The first-order valence-electron chi connectivity index (χ1n) is 11.5. The van der Waals surface area contributed by atoms with Gasteiger partial charge in [-0.25, -0.2) is 8.42 Å². The smallest absolute Gasteiger partial charge is 0.243 e. The lowest BCUT2D eigenvalue weighted by Crippen LogP contribution is -2.40. The average Bonchev–Trinajstić information content (AvgIpc) is 3.34. The van der Waals surface area contributed by atoms with Crippen molar-refractivity contribution in [3.05, 3.63) is 48.0 Å². The van der Waals surface area contributed by atoms with Crippen molar-refractivity contribution in [3.8, 4) is 0 Å². The second kappa shape index (κ2) is 10.4. The number of rotatable bonds is 6. The Labute approximate surface area is 202 Å². The van der Waals surface area contributed by atoms with Gasteiger partial charge in [0.1, 0.15) is 0 Å². The van der Waals surface area contributed by atoms with E-state index < -0.39 is 10.0 Å². The van der Waals surface area contributed by atoms with Crippen LogP contribution in [0.1, 0.15) is 38.2 Å². The van der Waals surface area contributed by atoms with Crippen LogP contribution in [0, 0.1) is 0 Å². The van der Waals surface area contributed by atoms with Crippen molar-refractivity contribution in [3.63, 3.8) is 0 Å². The van der Waals surface area contributed by atoms with E-state index in [4.69, 9.17) is 17.0 Å². The number of hydrogen-bond acceptors (Lipinski definition) is 5. The van der Waals surface area contributed by atoms with Gasteiger partial charge >= 0.3 is 0 Å². The Morgan fingerprint density at radius 3 is 2.27 bits per heavy atom. The normalized spacial score (nSPS) is 17.4. The third-order valence-corrected chi connectivity index (χ3v) is 8.20. The average molecular weight is 489 g/mol. The first-order chi connectivity index (χ1) is 15.8. The molecule has 2 heterocycles. The van der Waals surface area contributed by atoms with E-state index in [1.165, 1.54) is 9.87 Å². The summed E-state index contributed by atoms with van der Waals surface area (Å²) in [4.78, 5) is 2.53. The summed E-state index contributed by atoms with van der Waals surface area (Å²) >= 11 is 5.58. The van der Waals surface area contributed by atoms with Crippen LogP contribution in [0.2, 0.25) is 0 Å². The Morgan fingerprint density at radius 2 is 1.64 bits per heavy atom. The Kier molecular flexibility index (Phi) is 7.53. The molecule has 33 heavy (non-hydrogen) atoms. The van der Waals surface area contributed by atoms with Gasteiger partial charge in [0.2, 0.25) is 10.0 Å². The van der Waals surface area contributed by atoms with Gasteiger partial charge in [0.05, 0.1) is 29.5 Å². The van der Waals surface area contributed by atoms with Gasteiger partial charge in [0, 0.05) is 31.9 Å². The number of sulfonamides is 1.